The second-order valence-electron chi connectivity index (χ2n) is 2.54. The van der Waals surface area contributed by atoms with Crippen molar-refractivity contribution in [3.8, 4) is 0 Å². The Hall–Kier alpha value is -0.120. The van der Waals surface area contributed by atoms with Crippen LogP contribution in [-0.4, -0.2) is 10.1 Å². The first-order valence-corrected chi connectivity index (χ1v) is 4.10. The number of hydrogen-bond donors (Lipinski definition) is 1. The van der Waals surface area contributed by atoms with E-state index in [-0.39, 0.29) is 0 Å². The maximum Gasteiger partial charge on any atom is 0.183 e. The lowest BCUT2D eigenvalue weighted by molar-refractivity contribution is 0.0745. The maximum absolute atomic E-state index is 9.39. The quantitative estimate of drug-likeness (QED) is 0.712. The molecule has 0 bridgehead atoms. The topological polar surface area (TPSA) is 33.1 Å². The van der Waals surface area contributed by atoms with Gasteiger partial charge in [-0.15, -0.1) is 11.3 Å². The van der Waals surface area contributed by atoms with Gasteiger partial charge in [0.25, 0.3) is 0 Å². The van der Waals surface area contributed by atoms with E-state index in [2.05, 4.69) is 4.98 Å². The van der Waals surface area contributed by atoms with Crippen molar-refractivity contribution in [2.24, 2.45) is 0 Å². The first kappa shape index (κ1) is 7.98. The van der Waals surface area contributed by atoms with Gasteiger partial charge >= 0.3 is 0 Å². The van der Waals surface area contributed by atoms with Crippen LogP contribution in [0.4, 0.5) is 0 Å². The molecule has 0 aliphatic rings. The molecule has 0 fully saturated rings. The minimum absolute atomic E-state index is 0.470. The number of rotatable bonds is 1. The van der Waals surface area contributed by atoms with E-state index in [1.54, 1.807) is 19.2 Å². The van der Waals surface area contributed by atoms with Gasteiger partial charge in [0.2, 0.25) is 0 Å². The van der Waals surface area contributed by atoms with E-state index in [0.29, 0.717) is 10.2 Å². The van der Waals surface area contributed by atoms with Gasteiger partial charge in [0.15, 0.2) is 4.47 Å². The molecule has 0 unspecified atom stereocenters. The summed E-state index contributed by atoms with van der Waals surface area (Å²) in [6, 6.07) is 0. The highest BCUT2D eigenvalue weighted by atomic mass is 35.5. The van der Waals surface area contributed by atoms with Crippen molar-refractivity contribution >= 4 is 22.9 Å². The van der Waals surface area contributed by atoms with Gasteiger partial charge in [-0.3, -0.25) is 0 Å². The number of halogens is 1. The second kappa shape index (κ2) is 2.49. The van der Waals surface area contributed by atoms with E-state index in [1.807, 2.05) is 0 Å². The highest BCUT2D eigenvalue weighted by molar-refractivity contribution is 7.13. The average molecular weight is 178 g/mol. The van der Waals surface area contributed by atoms with Crippen molar-refractivity contribution in [1.29, 1.82) is 0 Å². The van der Waals surface area contributed by atoms with Gasteiger partial charge in [-0.1, -0.05) is 11.6 Å². The molecule has 0 radical (unpaired) electrons. The van der Waals surface area contributed by atoms with Crippen LogP contribution in [-0.2, 0) is 5.60 Å². The highest BCUT2D eigenvalue weighted by Gasteiger charge is 2.18. The number of aromatic nitrogens is 1. The lowest BCUT2D eigenvalue weighted by atomic mass is 10.1. The zero-order valence-corrected chi connectivity index (χ0v) is 7.33. The molecule has 1 heterocycles. The summed E-state index contributed by atoms with van der Waals surface area (Å²) in [5.41, 5.74) is -0.244. The molecule has 0 atom stereocenters. The largest absolute Gasteiger partial charge is 0.384 e. The Bertz CT molecular complexity index is 228. The van der Waals surface area contributed by atoms with Gasteiger partial charge < -0.3 is 5.11 Å². The standard InChI is InChI=1S/C6H8ClNOS/c1-6(2,9)4-3-10-5(7)8-4/h3,9H,1-2H3. The summed E-state index contributed by atoms with van der Waals surface area (Å²) in [5.74, 6) is 0. The first-order chi connectivity index (χ1) is 4.50. The molecule has 1 rings (SSSR count). The highest BCUT2D eigenvalue weighted by Crippen LogP contribution is 2.23. The third kappa shape index (κ3) is 1.68. The molecule has 1 aromatic heterocycles. The summed E-state index contributed by atoms with van der Waals surface area (Å²) in [6.45, 7) is 3.36. The van der Waals surface area contributed by atoms with Crippen LogP contribution in [0, 0.1) is 0 Å². The lowest BCUT2D eigenvalue weighted by Crippen LogP contribution is -2.15. The fraction of sp³-hybridized carbons (Fsp3) is 0.500. The third-order valence-corrected chi connectivity index (χ3v) is 2.08. The zero-order valence-electron chi connectivity index (χ0n) is 5.76. The molecular weight excluding hydrogens is 170 g/mol. The van der Waals surface area contributed by atoms with Gasteiger partial charge in [-0.05, 0) is 13.8 Å². The van der Waals surface area contributed by atoms with E-state index < -0.39 is 5.60 Å². The van der Waals surface area contributed by atoms with Crippen LogP contribution in [0.5, 0.6) is 0 Å². The normalized spacial score (nSPS) is 12.0. The molecule has 0 aliphatic carbocycles. The molecule has 0 aromatic carbocycles. The minimum Gasteiger partial charge on any atom is -0.384 e. The summed E-state index contributed by atoms with van der Waals surface area (Å²) in [5, 5.41) is 11.1. The van der Waals surface area contributed by atoms with Crippen molar-refractivity contribution in [2.75, 3.05) is 0 Å². The SMILES string of the molecule is CC(C)(O)c1csc(Cl)n1. The summed E-state index contributed by atoms with van der Waals surface area (Å²) in [6.07, 6.45) is 0. The number of nitrogens with zero attached hydrogens (tertiary/aromatic N) is 1. The average Bonchev–Trinajstić information content (AvgIpc) is 2.11. The summed E-state index contributed by atoms with van der Waals surface area (Å²) in [7, 11) is 0. The Morgan fingerprint density at radius 2 is 2.30 bits per heavy atom. The van der Waals surface area contributed by atoms with Crippen LogP contribution in [0.15, 0.2) is 5.38 Å². The predicted octanol–water partition coefficient (Wildman–Crippen LogP) is 2.02. The Morgan fingerprint density at radius 1 is 1.70 bits per heavy atom. The molecule has 56 valence electrons. The maximum atomic E-state index is 9.39. The van der Waals surface area contributed by atoms with Gasteiger partial charge in [0, 0.05) is 5.38 Å². The van der Waals surface area contributed by atoms with Crippen LogP contribution >= 0.6 is 22.9 Å². The third-order valence-electron chi connectivity index (χ3n) is 1.10. The van der Waals surface area contributed by atoms with Gasteiger partial charge in [0.05, 0.1) is 5.69 Å². The fourth-order valence-electron chi connectivity index (χ4n) is 0.533. The Balaban J connectivity index is 2.96. The van der Waals surface area contributed by atoms with E-state index in [0.717, 1.165) is 0 Å². The number of hydrogen-bond acceptors (Lipinski definition) is 3. The van der Waals surface area contributed by atoms with Crippen molar-refractivity contribution in [3.05, 3.63) is 15.5 Å². The van der Waals surface area contributed by atoms with Crippen LogP contribution in [0.25, 0.3) is 0 Å². The van der Waals surface area contributed by atoms with Crippen LogP contribution in [0.1, 0.15) is 19.5 Å². The van der Waals surface area contributed by atoms with Gasteiger partial charge in [0.1, 0.15) is 5.60 Å². The molecule has 0 saturated heterocycles. The van der Waals surface area contributed by atoms with Crippen LogP contribution in [0.3, 0.4) is 0 Å². The molecule has 0 saturated carbocycles. The molecule has 10 heavy (non-hydrogen) atoms. The molecule has 1 N–H and O–H groups in total. The number of thiazole rings is 1. The Morgan fingerprint density at radius 3 is 2.50 bits per heavy atom. The Labute approximate surface area is 68.5 Å². The smallest absolute Gasteiger partial charge is 0.183 e. The van der Waals surface area contributed by atoms with Crippen molar-refractivity contribution < 1.29 is 5.11 Å². The van der Waals surface area contributed by atoms with E-state index in [9.17, 15) is 5.11 Å². The summed E-state index contributed by atoms with van der Waals surface area (Å²) in [4.78, 5) is 3.92. The molecule has 0 spiro atoms. The Kier molecular flexibility index (Phi) is 1.99. The predicted molar refractivity (Wildman–Crippen MR) is 42.4 cm³/mol. The molecule has 0 amide bonds. The zero-order chi connectivity index (χ0) is 7.78. The molecule has 2 nitrogen and oxygen atoms in total. The van der Waals surface area contributed by atoms with E-state index in [1.165, 1.54) is 11.3 Å². The first-order valence-electron chi connectivity index (χ1n) is 2.84. The van der Waals surface area contributed by atoms with E-state index >= 15 is 0 Å². The van der Waals surface area contributed by atoms with Gasteiger partial charge in [-0.25, -0.2) is 4.98 Å². The fourth-order valence-corrected chi connectivity index (χ4v) is 1.46. The van der Waals surface area contributed by atoms with Crippen molar-refractivity contribution in [1.82, 2.24) is 4.98 Å². The second-order valence-corrected chi connectivity index (χ2v) is 3.98. The molecule has 0 aliphatic heterocycles. The van der Waals surface area contributed by atoms with E-state index in [4.69, 9.17) is 11.6 Å². The lowest BCUT2D eigenvalue weighted by Gasteiger charge is -2.12. The van der Waals surface area contributed by atoms with Gasteiger partial charge in [-0.2, -0.15) is 0 Å². The van der Waals surface area contributed by atoms with Crippen molar-refractivity contribution in [3.63, 3.8) is 0 Å². The summed E-state index contributed by atoms with van der Waals surface area (Å²) >= 11 is 6.89. The van der Waals surface area contributed by atoms with Crippen LogP contribution in [0.2, 0.25) is 4.47 Å². The molecule has 4 heteroatoms. The molecule has 1 aromatic rings. The monoisotopic (exact) mass is 177 g/mol. The minimum atomic E-state index is -0.871. The molecular formula is C6H8ClNOS. The summed E-state index contributed by atoms with van der Waals surface area (Å²) < 4.78 is 0.470. The number of aliphatic hydroxyl groups is 1. The van der Waals surface area contributed by atoms with Crippen LogP contribution < -0.4 is 0 Å². The van der Waals surface area contributed by atoms with Crippen molar-refractivity contribution in [2.45, 2.75) is 19.4 Å².